The number of halogens is 1. The Kier molecular flexibility index (Phi) is 2.52. The van der Waals surface area contributed by atoms with Crippen molar-refractivity contribution in [1.29, 1.82) is 0 Å². The van der Waals surface area contributed by atoms with Gasteiger partial charge in [-0.1, -0.05) is 12.1 Å². The number of hydrogen-bond acceptors (Lipinski definition) is 2. The van der Waals surface area contributed by atoms with Gasteiger partial charge in [0.05, 0.1) is 6.61 Å². The zero-order chi connectivity index (χ0) is 10.1. The van der Waals surface area contributed by atoms with Gasteiger partial charge in [-0.25, -0.2) is 4.39 Å². The zero-order valence-corrected chi connectivity index (χ0v) is 8.16. The van der Waals surface area contributed by atoms with Crippen LogP contribution in [0.3, 0.4) is 0 Å². The molecule has 1 aromatic rings. The number of hydrogen-bond donors (Lipinski definition) is 1. The third-order valence-electron chi connectivity index (χ3n) is 2.57. The summed E-state index contributed by atoms with van der Waals surface area (Å²) < 4.78 is 19.0. The van der Waals surface area contributed by atoms with Crippen LogP contribution in [0.1, 0.15) is 24.2 Å². The van der Waals surface area contributed by atoms with E-state index in [9.17, 15) is 4.39 Å². The first kappa shape index (κ1) is 9.62. The maximum absolute atomic E-state index is 13.5. The van der Waals surface area contributed by atoms with Crippen LogP contribution in [0.5, 0.6) is 0 Å². The molecule has 2 N–H and O–H groups in total. The molecule has 0 aromatic heterocycles. The van der Waals surface area contributed by atoms with Gasteiger partial charge in [0.15, 0.2) is 0 Å². The molecule has 2 atom stereocenters. The van der Waals surface area contributed by atoms with Gasteiger partial charge in [0.2, 0.25) is 0 Å². The molecule has 0 bridgehead atoms. The average Bonchev–Trinajstić information content (AvgIpc) is 2.17. The molecule has 76 valence electrons. The van der Waals surface area contributed by atoms with Crippen LogP contribution in [-0.4, -0.2) is 12.6 Å². The lowest BCUT2D eigenvalue weighted by molar-refractivity contribution is 0.0257. The molecule has 0 saturated carbocycles. The highest BCUT2D eigenvalue weighted by Gasteiger charge is 2.26. The van der Waals surface area contributed by atoms with Gasteiger partial charge in [-0.15, -0.1) is 0 Å². The summed E-state index contributed by atoms with van der Waals surface area (Å²) >= 11 is 0. The van der Waals surface area contributed by atoms with Gasteiger partial charge < -0.3 is 10.5 Å². The molecule has 1 aromatic carbocycles. The lowest BCUT2D eigenvalue weighted by atomic mass is 9.94. The normalized spacial score (nSPS) is 22.9. The van der Waals surface area contributed by atoms with E-state index in [1.165, 1.54) is 6.07 Å². The molecule has 3 heteroatoms. The fourth-order valence-corrected chi connectivity index (χ4v) is 1.91. The predicted molar refractivity (Wildman–Crippen MR) is 52.4 cm³/mol. The van der Waals surface area contributed by atoms with Crippen molar-refractivity contribution >= 4 is 0 Å². The van der Waals surface area contributed by atoms with E-state index in [4.69, 9.17) is 10.5 Å². The molecular weight excluding hydrogens is 181 g/mol. The average molecular weight is 195 g/mol. The van der Waals surface area contributed by atoms with Crippen LogP contribution in [0.4, 0.5) is 4.39 Å². The second-order valence-electron chi connectivity index (χ2n) is 3.71. The maximum Gasteiger partial charge on any atom is 0.129 e. The Morgan fingerprint density at radius 3 is 3.07 bits per heavy atom. The van der Waals surface area contributed by atoms with Gasteiger partial charge in [0, 0.05) is 11.6 Å². The smallest absolute Gasteiger partial charge is 0.129 e. The molecule has 0 amide bonds. The van der Waals surface area contributed by atoms with Crippen molar-refractivity contribution in [3.63, 3.8) is 0 Å². The summed E-state index contributed by atoms with van der Waals surface area (Å²) in [5.41, 5.74) is 7.43. The molecule has 0 spiro atoms. The molecule has 0 fully saturated rings. The van der Waals surface area contributed by atoms with Gasteiger partial charge in [-0.3, -0.25) is 0 Å². The molecule has 1 heterocycles. The summed E-state index contributed by atoms with van der Waals surface area (Å²) in [6.07, 6.45) is 0.482. The predicted octanol–water partition coefficient (Wildman–Crippen LogP) is 1.79. The number of ether oxygens (including phenoxy) is 1. The van der Waals surface area contributed by atoms with Crippen LogP contribution in [0.25, 0.3) is 0 Å². The first-order valence-corrected chi connectivity index (χ1v) is 4.84. The minimum absolute atomic E-state index is 0.175. The van der Waals surface area contributed by atoms with Crippen LogP contribution in [-0.2, 0) is 11.2 Å². The van der Waals surface area contributed by atoms with E-state index >= 15 is 0 Å². The molecule has 0 saturated heterocycles. The first-order chi connectivity index (χ1) is 6.70. The summed E-state index contributed by atoms with van der Waals surface area (Å²) in [6.45, 7) is 2.47. The lowest BCUT2D eigenvalue weighted by Gasteiger charge is -2.28. The summed E-state index contributed by atoms with van der Waals surface area (Å²) in [5.74, 6) is -0.204. The molecule has 1 aliphatic rings. The third-order valence-corrected chi connectivity index (χ3v) is 2.57. The summed E-state index contributed by atoms with van der Waals surface area (Å²) in [4.78, 5) is 0. The topological polar surface area (TPSA) is 35.2 Å². The highest BCUT2D eigenvalue weighted by Crippen LogP contribution is 2.30. The van der Waals surface area contributed by atoms with E-state index in [2.05, 4.69) is 0 Å². The fourth-order valence-electron chi connectivity index (χ4n) is 1.91. The third kappa shape index (κ3) is 1.53. The molecule has 0 radical (unpaired) electrons. The van der Waals surface area contributed by atoms with Crippen LogP contribution >= 0.6 is 0 Å². The number of benzene rings is 1. The molecule has 1 aliphatic heterocycles. The van der Waals surface area contributed by atoms with E-state index in [1.54, 1.807) is 6.07 Å². The summed E-state index contributed by atoms with van der Waals surface area (Å²) in [6, 6.07) is 4.96. The Bertz CT molecular complexity index is 338. The van der Waals surface area contributed by atoms with Crippen molar-refractivity contribution in [3.8, 4) is 0 Å². The summed E-state index contributed by atoms with van der Waals surface area (Å²) in [7, 11) is 0. The van der Waals surface area contributed by atoms with Gasteiger partial charge in [0.1, 0.15) is 11.9 Å². The fraction of sp³-hybridized carbons (Fsp3) is 0.455. The number of nitrogens with two attached hydrogens (primary N) is 1. The Hall–Kier alpha value is -0.930. The summed E-state index contributed by atoms with van der Waals surface area (Å²) in [5, 5.41) is 0. The molecule has 2 rings (SSSR count). The van der Waals surface area contributed by atoms with Crippen molar-refractivity contribution < 1.29 is 9.13 Å². The Labute approximate surface area is 82.9 Å². The van der Waals surface area contributed by atoms with Gasteiger partial charge in [-0.2, -0.15) is 0 Å². The van der Waals surface area contributed by atoms with E-state index in [0.717, 1.165) is 12.0 Å². The van der Waals surface area contributed by atoms with Crippen LogP contribution < -0.4 is 5.73 Å². The number of rotatable bonds is 1. The highest BCUT2D eigenvalue weighted by atomic mass is 19.1. The lowest BCUT2D eigenvalue weighted by Crippen LogP contribution is -2.31. The van der Waals surface area contributed by atoms with Crippen molar-refractivity contribution in [2.24, 2.45) is 5.73 Å². The van der Waals surface area contributed by atoms with E-state index in [1.807, 2.05) is 13.0 Å². The van der Waals surface area contributed by atoms with Crippen molar-refractivity contribution in [1.82, 2.24) is 0 Å². The quantitative estimate of drug-likeness (QED) is 0.741. The van der Waals surface area contributed by atoms with Gasteiger partial charge in [-0.05, 0) is 25.0 Å². The Balaban J connectivity index is 2.47. The molecule has 1 unspecified atom stereocenters. The second kappa shape index (κ2) is 3.67. The second-order valence-corrected chi connectivity index (χ2v) is 3.71. The molecular formula is C11H14FNO. The van der Waals surface area contributed by atoms with Crippen molar-refractivity contribution in [2.75, 3.05) is 6.61 Å². The Morgan fingerprint density at radius 1 is 1.57 bits per heavy atom. The van der Waals surface area contributed by atoms with E-state index in [-0.39, 0.29) is 18.0 Å². The van der Waals surface area contributed by atoms with Crippen molar-refractivity contribution in [3.05, 3.63) is 35.1 Å². The van der Waals surface area contributed by atoms with E-state index < -0.39 is 0 Å². The highest BCUT2D eigenvalue weighted by molar-refractivity contribution is 5.33. The van der Waals surface area contributed by atoms with E-state index in [0.29, 0.717) is 12.2 Å². The van der Waals surface area contributed by atoms with Crippen LogP contribution in [0.2, 0.25) is 0 Å². The minimum atomic E-state index is -0.292. The first-order valence-electron chi connectivity index (χ1n) is 4.84. The maximum atomic E-state index is 13.5. The van der Waals surface area contributed by atoms with Crippen LogP contribution in [0.15, 0.2) is 18.2 Å². The Morgan fingerprint density at radius 2 is 2.36 bits per heavy atom. The van der Waals surface area contributed by atoms with Crippen molar-refractivity contribution in [2.45, 2.75) is 25.5 Å². The van der Waals surface area contributed by atoms with Gasteiger partial charge in [0.25, 0.3) is 0 Å². The zero-order valence-electron chi connectivity index (χ0n) is 8.16. The van der Waals surface area contributed by atoms with Crippen LogP contribution in [0, 0.1) is 5.82 Å². The number of fused-ring (bicyclic) bond motifs is 1. The van der Waals surface area contributed by atoms with Gasteiger partial charge >= 0.3 is 0 Å². The monoisotopic (exact) mass is 195 g/mol. The SMILES string of the molecule is CC(N)[C@H]1OCCc2cccc(F)c21. The largest absolute Gasteiger partial charge is 0.371 e. The molecule has 0 aliphatic carbocycles. The minimum Gasteiger partial charge on any atom is -0.371 e. The molecule has 14 heavy (non-hydrogen) atoms. The molecule has 2 nitrogen and oxygen atoms in total. The standard InChI is InChI=1S/C11H14FNO/c1-7(13)11-10-8(5-6-14-11)3-2-4-9(10)12/h2-4,7,11H,5-6,13H2,1H3/t7?,11-/m1/s1.